The zero-order valence-electron chi connectivity index (χ0n) is 16.4. The molecule has 0 atom stereocenters. The number of rotatable bonds is 5. The quantitative estimate of drug-likeness (QED) is 0.404. The molecule has 3 aromatic rings. The standard InChI is InChI=1S/C22H18IN5O3/c23-19-2-1-3-20(18(19)14-29)28-13-16(12-24)21(26-28)25-17-6-4-15(5-7-17)22(30)27-8-10-31-11-9-27/h1-7,13-14H,8-11H2,(H,25,26). The van der Waals surface area contributed by atoms with Gasteiger partial charge >= 0.3 is 0 Å². The Morgan fingerprint density at radius 2 is 1.94 bits per heavy atom. The largest absolute Gasteiger partial charge is 0.378 e. The molecule has 1 aliphatic heterocycles. The first-order chi connectivity index (χ1) is 15.1. The van der Waals surface area contributed by atoms with Gasteiger partial charge in [-0.2, -0.15) is 5.26 Å². The smallest absolute Gasteiger partial charge is 0.254 e. The van der Waals surface area contributed by atoms with E-state index in [1.807, 2.05) is 12.1 Å². The minimum Gasteiger partial charge on any atom is -0.378 e. The van der Waals surface area contributed by atoms with E-state index in [-0.39, 0.29) is 5.91 Å². The van der Waals surface area contributed by atoms with Crippen molar-refractivity contribution in [2.45, 2.75) is 0 Å². The van der Waals surface area contributed by atoms with Crippen LogP contribution in [0, 0.1) is 14.9 Å². The fourth-order valence-electron chi connectivity index (χ4n) is 3.30. The number of carbonyl (C=O) groups is 2. The zero-order valence-corrected chi connectivity index (χ0v) is 18.6. The Labute approximate surface area is 192 Å². The first-order valence-electron chi connectivity index (χ1n) is 9.58. The summed E-state index contributed by atoms with van der Waals surface area (Å²) >= 11 is 2.09. The number of nitriles is 1. The number of ether oxygens (including phenoxy) is 1. The summed E-state index contributed by atoms with van der Waals surface area (Å²) < 4.78 is 7.61. The molecule has 1 amide bonds. The topological polar surface area (TPSA) is 100 Å². The van der Waals surface area contributed by atoms with Crippen LogP contribution in [0.3, 0.4) is 0 Å². The van der Waals surface area contributed by atoms with E-state index in [9.17, 15) is 14.9 Å². The minimum atomic E-state index is -0.0306. The molecule has 4 rings (SSSR count). The van der Waals surface area contributed by atoms with Gasteiger partial charge in [-0.3, -0.25) is 9.59 Å². The summed E-state index contributed by atoms with van der Waals surface area (Å²) in [6.07, 6.45) is 2.36. The van der Waals surface area contributed by atoms with Crippen LogP contribution in [0.4, 0.5) is 11.5 Å². The van der Waals surface area contributed by atoms with Crippen LogP contribution in [0.15, 0.2) is 48.7 Å². The number of nitrogens with one attached hydrogen (secondary N) is 1. The number of anilines is 2. The van der Waals surface area contributed by atoms with Crippen molar-refractivity contribution in [2.75, 3.05) is 31.6 Å². The maximum atomic E-state index is 12.6. The third-order valence-corrected chi connectivity index (χ3v) is 5.86. The van der Waals surface area contributed by atoms with Gasteiger partial charge in [-0.25, -0.2) is 4.68 Å². The van der Waals surface area contributed by atoms with Crippen LogP contribution in [0.2, 0.25) is 0 Å². The lowest BCUT2D eigenvalue weighted by molar-refractivity contribution is 0.0303. The number of halogens is 1. The number of hydrogen-bond donors (Lipinski definition) is 1. The molecule has 2 aromatic carbocycles. The molecule has 9 heteroatoms. The molecular weight excluding hydrogens is 509 g/mol. The van der Waals surface area contributed by atoms with Gasteiger partial charge in [0.15, 0.2) is 12.1 Å². The van der Waals surface area contributed by atoms with E-state index >= 15 is 0 Å². The van der Waals surface area contributed by atoms with Crippen molar-refractivity contribution in [3.05, 3.63) is 68.9 Å². The summed E-state index contributed by atoms with van der Waals surface area (Å²) in [5.41, 5.74) is 2.72. The van der Waals surface area contributed by atoms with E-state index in [4.69, 9.17) is 4.74 Å². The number of benzene rings is 2. The molecule has 31 heavy (non-hydrogen) atoms. The number of amides is 1. The van der Waals surface area contributed by atoms with Crippen molar-refractivity contribution in [2.24, 2.45) is 0 Å². The predicted molar refractivity (Wildman–Crippen MR) is 123 cm³/mol. The molecule has 0 radical (unpaired) electrons. The maximum absolute atomic E-state index is 12.6. The molecule has 0 saturated carbocycles. The Morgan fingerprint density at radius 1 is 1.19 bits per heavy atom. The molecular formula is C22H18IN5O3. The van der Waals surface area contributed by atoms with Gasteiger partial charge < -0.3 is 15.0 Å². The van der Waals surface area contributed by atoms with Crippen molar-refractivity contribution in [1.29, 1.82) is 5.26 Å². The summed E-state index contributed by atoms with van der Waals surface area (Å²) in [5, 5.41) is 17.1. The molecule has 0 bridgehead atoms. The second kappa shape index (κ2) is 9.28. The van der Waals surface area contributed by atoms with E-state index in [2.05, 4.69) is 39.1 Å². The molecule has 8 nitrogen and oxygen atoms in total. The zero-order chi connectivity index (χ0) is 21.8. The Morgan fingerprint density at radius 3 is 2.61 bits per heavy atom. The van der Waals surface area contributed by atoms with E-state index in [1.165, 1.54) is 4.68 Å². The fourth-order valence-corrected chi connectivity index (χ4v) is 3.91. The number of aldehydes is 1. The average molecular weight is 527 g/mol. The van der Waals surface area contributed by atoms with Gasteiger partial charge in [0.25, 0.3) is 5.91 Å². The van der Waals surface area contributed by atoms with Crippen molar-refractivity contribution < 1.29 is 14.3 Å². The van der Waals surface area contributed by atoms with Gasteiger partial charge in [-0.1, -0.05) is 6.07 Å². The molecule has 1 fully saturated rings. The third kappa shape index (κ3) is 4.45. The van der Waals surface area contributed by atoms with Crippen LogP contribution in [0.1, 0.15) is 26.3 Å². The third-order valence-electron chi connectivity index (χ3n) is 4.92. The summed E-state index contributed by atoms with van der Waals surface area (Å²) in [5.74, 6) is 0.336. The van der Waals surface area contributed by atoms with Gasteiger partial charge in [-0.05, 0) is 59.0 Å². The van der Waals surface area contributed by atoms with Crippen LogP contribution < -0.4 is 5.32 Å². The van der Waals surface area contributed by atoms with Gasteiger partial charge in [0.2, 0.25) is 0 Å². The number of hydrogen-bond acceptors (Lipinski definition) is 6. The van der Waals surface area contributed by atoms with E-state index < -0.39 is 0 Å². The first kappa shape index (κ1) is 21.0. The monoisotopic (exact) mass is 527 g/mol. The van der Waals surface area contributed by atoms with Gasteiger partial charge in [0.05, 0.1) is 30.7 Å². The molecule has 2 heterocycles. The molecule has 1 aliphatic rings. The number of morpholine rings is 1. The summed E-state index contributed by atoms with van der Waals surface area (Å²) in [6, 6.07) is 14.6. The van der Waals surface area contributed by atoms with Crippen LogP contribution in [0.25, 0.3) is 5.69 Å². The van der Waals surface area contributed by atoms with Crippen molar-refractivity contribution in [3.8, 4) is 11.8 Å². The number of nitrogens with zero attached hydrogens (tertiary/aromatic N) is 4. The Bertz CT molecular complexity index is 1160. The second-order valence-electron chi connectivity index (χ2n) is 6.85. The Balaban J connectivity index is 1.56. The van der Waals surface area contributed by atoms with Crippen LogP contribution in [0.5, 0.6) is 0 Å². The molecule has 1 saturated heterocycles. The maximum Gasteiger partial charge on any atom is 0.254 e. The lowest BCUT2D eigenvalue weighted by Gasteiger charge is -2.26. The summed E-state index contributed by atoms with van der Waals surface area (Å²) in [7, 11) is 0. The summed E-state index contributed by atoms with van der Waals surface area (Å²) in [6.45, 7) is 2.28. The predicted octanol–water partition coefficient (Wildman–Crippen LogP) is 3.38. The Kier molecular flexibility index (Phi) is 6.29. The summed E-state index contributed by atoms with van der Waals surface area (Å²) in [4.78, 5) is 25.9. The van der Waals surface area contributed by atoms with E-state index in [0.29, 0.717) is 60.2 Å². The normalized spacial score (nSPS) is 13.5. The van der Waals surface area contributed by atoms with Crippen molar-refractivity contribution in [3.63, 3.8) is 0 Å². The first-order valence-corrected chi connectivity index (χ1v) is 10.7. The Hall–Kier alpha value is -3.23. The highest BCUT2D eigenvalue weighted by atomic mass is 127. The van der Waals surface area contributed by atoms with Gasteiger partial charge in [-0.15, -0.1) is 5.10 Å². The van der Waals surface area contributed by atoms with Gasteiger partial charge in [0.1, 0.15) is 11.6 Å². The lowest BCUT2D eigenvalue weighted by Crippen LogP contribution is -2.40. The lowest BCUT2D eigenvalue weighted by atomic mass is 10.1. The van der Waals surface area contributed by atoms with Crippen LogP contribution >= 0.6 is 22.6 Å². The average Bonchev–Trinajstić information content (AvgIpc) is 3.22. The number of carbonyl (C=O) groups excluding carboxylic acids is 2. The molecule has 156 valence electrons. The molecule has 0 unspecified atom stereocenters. The highest BCUT2D eigenvalue weighted by molar-refractivity contribution is 14.1. The van der Waals surface area contributed by atoms with Gasteiger partial charge in [0, 0.05) is 27.9 Å². The fraction of sp³-hybridized carbons (Fsp3) is 0.182. The van der Waals surface area contributed by atoms with E-state index in [1.54, 1.807) is 41.4 Å². The SMILES string of the molecule is N#Cc1cn(-c2cccc(I)c2C=O)nc1Nc1ccc(C(=O)N2CCOCC2)cc1. The van der Waals surface area contributed by atoms with Crippen molar-refractivity contribution >= 4 is 46.3 Å². The molecule has 1 aromatic heterocycles. The second-order valence-corrected chi connectivity index (χ2v) is 8.01. The van der Waals surface area contributed by atoms with E-state index in [0.717, 1.165) is 9.86 Å². The highest BCUT2D eigenvalue weighted by Crippen LogP contribution is 2.24. The number of aromatic nitrogens is 2. The molecule has 1 N–H and O–H groups in total. The van der Waals surface area contributed by atoms with Crippen LogP contribution in [-0.2, 0) is 4.74 Å². The minimum absolute atomic E-state index is 0.0306. The van der Waals surface area contributed by atoms with Crippen molar-refractivity contribution in [1.82, 2.24) is 14.7 Å². The van der Waals surface area contributed by atoms with Crippen LogP contribution in [-0.4, -0.2) is 53.2 Å². The highest BCUT2D eigenvalue weighted by Gasteiger charge is 2.19. The molecule has 0 aliphatic carbocycles. The molecule has 0 spiro atoms.